The first-order chi connectivity index (χ1) is 12.7. The summed E-state index contributed by atoms with van der Waals surface area (Å²) in [6.07, 6.45) is 0.932. The topological polar surface area (TPSA) is 85.3 Å². The Balaban J connectivity index is 2.56. The zero-order chi connectivity index (χ0) is 20.1. The van der Waals surface area contributed by atoms with Crippen LogP contribution in [-0.2, 0) is 24.5 Å². The molecule has 0 aliphatic carbocycles. The van der Waals surface area contributed by atoms with Gasteiger partial charge in [0, 0.05) is 5.92 Å². The van der Waals surface area contributed by atoms with E-state index in [1.54, 1.807) is 43.3 Å². The lowest BCUT2D eigenvalue weighted by Crippen LogP contribution is -2.30. The van der Waals surface area contributed by atoms with Crippen LogP contribution in [0.5, 0.6) is 0 Å². The average Bonchev–Trinajstić information content (AvgIpc) is 2.69. The number of hydrogen-bond acceptors (Lipinski definition) is 5. The predicted molar refractivity (Wildman–Crippen MR) is 105 cm³/mol. The molecule has 2 atom stereocenters. The Hall–Kier alpha value is -2.25. The lowest BCUT2D eigenvalue weighted by Gasteiger charge is -2.22. The maximum absolute atomic E-state index is 13.2. The molecule has 27 heavy (non-hydrogen) atoms. The molecule has 7 heteroatoms. The third-order valence-corrected chi connectivity index (χ3v) is 8.61. The Bertz CT molecular complexity index is 995. The molecule has 0 aliphatic rings. The molecule has 0 saturated carbocycles. The van der Waals surface area contributed by atoms with Gasteiger partial charge in [-0.25, -0.2) is 16.8 Å². The summed E-state index contributed by atoms with van der Waals surface area (Å²) in [6.45, 7) is 5.38. The lowest BCUT2D eigenvalue weighted by molar-refractivity contribution is -0.111. The summed E-state index contributed by atoms with van der Waals surface area (Å²) in [5, 5.41) is -1.42. The summed E-state index contributed by atoms with van der Waals surface area (Å²) in [7, 11) is -8.13. The number of benzene rings is 2. The van der Waals surface area contributed by atoms with Crippen molar-refractivity contribution in [1.29, 1.82) is 0 Å². The highest BCUT2D eigenvalue weighted by Crippen LogP contribution is 2.32. The predicted octanol–water partition coefficient (Wildman–Crippen LogP) is 3.43. The monoisotopic (exact) mass is 406 g/mol. The minimum Gasteiger partial charge on any atom is -0.303 e. The number of hydrogen-bond donors (Lipinski definition) is 0. The van der Waals surface area contributed by atoms with E-state index in [0.717, 1.165) is 0 Å². The Morgan fingerprint density at radius 2 is 1.41 bits per heavy atom. The van der Waals surface area contributed by atoms with Gasteiger partial charge in [0.15, 0.2) is 9.84 Å². The fourth-order valence-corrected chi connectivity index (χ4v) is 6.46. The van der Waals surface area contributed by atoms with Crippen molar-refractivity contribution in [3.63, 3.8) is 0 Å². The number of carbonyl (C=O) groups excluding carboxylic acids is 1. The number of rotatable bonds is 9. The summed E-state index contributed by atoms with van der Waals surface area (Å²) in [5.74, 6) is -0.587. The van der Waals surface area contributed by atoms with Gasteiger partial charge < -0.3 is 4.79 Å². The van der Waals surface area contributed by atoms with Crippen molar-refractivity contribution >= 4 is 26.0 Å². The van der Waals surface area contributed by atoms with E-state index >= 15 is 0 Å². The van der Waals surface area contributed by atoms with Gasteiger partial charge in [0.25, 0.3) is 0 Å². The molecule has 2 aromatic rings. The SMILES string of the molecule is C=C(C(CC(C=O)CC)S(=O)(=O)c1ccccc1)S(=O)(=O)c1ccccc1. The molecular weight excluding hydrogens is 384 g/mol. The summed E-state index contributed by atoms with van der Waals surface area (Å²) in [4.78, 5) is 10.9. The first-order valence-corrected chi connectivity index (χ1v) is 11.5. The fraction of sp³-hybridized carbons (Fsp3) is 0.250. The third kappa shape index (κ3) is 4.54. The molecule has 0 bridgehead atoms. The first kappa shape index (κ1) is 21.1. The van der Waals surface area contributed by atoms with E-state index < -0.39 is 35.7 Å². The molecule has 144 valence electrons. The van der Waals surface area contributed by atoms with Crippen LogP contribution in [0, 0.1) is 5.92 Å². The average molecular weight is 407 g/mol. The van der Waals surface area contributed by atoms with Gasteiger partial charge >= 0.3 is 0 Å². The standard InChI is InChI=1S/C20H22O5S2/c1-3-17(15-21)14-20(27(24,25)19-12-8-5-9-13-19)16(2)26(22,23)18-10-6-4-7-11-18/h4-13,15,17,20H,2-3,14H2,1H3. The smallest absolute Gasteiger partial charge is 0.203 e. The van der Waals surface area contributed by atoms with Gasteiger partial charge in [-0.15, -0.1) is 0 Å². The summed E-state index contributed by atoms with van der Waals surface area (Å²) in [6, 6.07) is 15.2. The van der Waals surface area contributed by atoms with Crippen molar-refractivity contribution in [2.75, 3.05) is 0 Å². The summed E-state index contributed by atoms with van der Waals surface area (Å²) >= 11 is 0. The van der Waals surface area contributed by atoms with Gasteiger partial charge in [0.05, 0.1) is 14.7 Å². The maximum Gasteiger partial charge on any atom is 0.203 e. The Labute approximate surface area is 160 Å². The van der Waals surface area contributed by atoms with Crippen LogP contribution in [0.15, 0.2) is 81.9 Å². The summed E-state index contributed by atoms with van der Waals surface area (Å²) in [5.41, 5.74) is 0. The molecule has 0 aliphatic heterocycles. The highest BCUT2D eigenvalue weighted by Gasteiger charge is 2.37. The van der Waals surface area contributed by atoms with Gasteiger partial charge in [0.1, 0.15) is 11.5 Å². The zero-order valence-electron chi connectivity index (χ0n) is 15.0. The van der Waals surface area contributed by atoms with Gasteiger partial charge in [-0.1, -0.05) is 49.9 Å². The molecular formula is C20H22O5S2. The van der Waals surface area contributed by atoms with E-state index in [-0.39, 0.29) is 16.2 Å². The fourth-order valence-electron chi connectivity index (χ4n) is 2.72. The minimum absolute atomic E-state index is 0.000152. The molecule has 0 N–H and O–H groups in total. The molecule has 0 radical (unpaired) electrons. The zero-order valence-corrected chi connectivity index (χ0v) is 16.6. The molecule has 0 amide bonds. The number of carbonyl (C=O) groups is 1. The van der Waals surface area contributed by atoms with E-state index in [0.29, 0.717) is 12.7 Å². The van der Waals surface area contributed by atoms with Gasteiger partial charge in [-0.05, 0) is 37.1 Å². The van der Waals surface area contributed by atoms with Crippen LogP contribution in [0.4, 0.5) is 0 Å². The van der Waals surface area contributed by atoms with E-state index in [2.05, 4.69) is 6.58 Å². The maximum atomic E-state index is 13.2. The van der Waals surface area contributed by atoms with E-state index in [1.165, 1.54) is 24.3 Å². The second-order valence-electron chi connectivity index (χ2n) is 6.17. The first-order valence-electron chi connectivity index (χ1n) is 8.48. The Kier molecular flexibility index (Phi) is 6.73. The van der Waals surface area contributed by atoms with Crippen LogP contribution < -0.4 is 0 Å². The third-order valence-electron chi connectivity index (χ3n) is 4.44. The van der Waals surface area contributed by atoms with Crippen molar-refractivity contribution in [3.8, 4) is 0 Å². The molecule has 0 aromatic heterocycles. The van der Waals surface area contributed by atoms with Gasteiger partial charge in [-0.2, -0.15) is 0 Å². The molecule has 0 fully saturated rings. The van der Waals surface area contributed by atoms with Crippen LogP contribution >= 0.6 is 0 Å². The van der Waals surface area contributed by atoms with E-state index in [4.69, 9.17) is 0 Å². The summed E-state index contributed by atoms with van der Waals surface area (Å²) < 4.78 is 52.3. The second-order valence-corrected chi connectivity index (χ2v) is 10.3. The molecule has 5 nitrogen and oxygen atoms in total. The Morgan fingerprint density at radius 1 is 0.926 bits per heavy atom. The molecule has 2 rings (SSSR count). The largest absolute Gasteiger partial charge is 0.303 e. The van der Waals surface area contributed by atoms with Crippen molar-refractivity contribution < 1.29 is 21.6 Å². The van der Waals surface area contributed by atoms with Gasteiger partial charge in [-0.3, -0.25) is 0 Å². The number of sulfone groups is 2. The second kappa shape index (κ2) is 8.63. The van der Waals surface area contributed by atoms with Crippen LogP contribution in [0.25, 0.3) is 0 Å². The molecule has 0 heterocycles. The van der Waals surface area contributed by atoms with E-state index in [9.17, 15) is 21.6 Å². The van der Waals surface area contributed by atoms with Crippen LogP contribution in [0.2, 0.25) is 0 Å². The molecule has 0 spiro atoms. The molecule has 0 saturated heterocycles. The quantitative estimate of drug-likeness (QED) is 0.596. The van der Waals surface area contributed by atoms with Crippen LogP contribution in [-0.4, -0.2) is 28.4 Å². The van der Waals surface area contributed by atoms with Crippen molar-refractivity contribution in [2.24, 2.45) is 5.92 Å². The van der Waals surface area contributed by atoms with Gasteiger partial charge in [0.2, 0.25) is 9.84 Å². The lowest BCUT2D eigenvalue weighted by atomic mass is 10.0. The molecule has 2 unspecified atom stereocenters. The number of aldehydes is 1. The minimum atomic E-state index is -4.08. The van der Waals surface area contributed by atoms with Crippen molar-refractivity contribution in [2.45, 2.75) is 34.8 Å². The van der Waals surface area contributed by atoms with Crippen molar-refractivity contribution in [3.05, 3.63) is 72.1 Å². The highest BCUT2D eigenvalue weighted by molar-refractivity contribution is 7.98. The Morgan fingerprint density at radius 3 is 1.85 bits per heavy atom. The van der Waals surface area contributed by atoms with Crippen molar-refractivity contribution in [1.82, 2.24) is 0 Å². The van der Waals surface area contributed by atoms with E-state index in [1.807, 2.05) is 0 Å². The highest BCUT2D eigenvalue weighted by atomic mass is 32.2. The van der Waals surface area contributed by atoms with Crippen LogP contribution in [0.3, 0.4) is 0 Å². The van der Waals surface area contributed by atoms with Crippen LogP contribution in [0.1, 0.15) is 19.8 Å². The normalized spacial score (nSPS) is 14.3. The molecule has 2 aromatic carbocycles.